The van der Waals surface area contributed by atoms with Gasteiger partial charge in [-0.05, 0) is 37.6 Å². The van der Waals surface area contributed by atoms with Crippen molar-refractivity contribution in [2.45, 2.75) is 20.3 Å². The van der Waals surface area contributed by atoms with Crippen LogP contribution < -0.4 is 5.73 Å². The number of halogens is 1. The maximum absolute atomic E-state index is 12.8. The van der Waals surface area contributed by atoms with Crippen LogP contribution in [0.1, 0.15) is 18.2 Å². The molecule has 1 aromatic heterocycles. The van der Waals surface area contributed by atoms with E-state index in [0.717, 1.165) is 23.2 Å². The zero-order valence-electron chi connectivity index (χ0n) is 9.87. The van der Waals surface area contributed by atoms with E-state index in [4.69, 9.17) is 5.73 Å². The van der Waals surface area contributed by atoms with Gasteiger partial charge in [0.1, 0.15) is 11.6 Å². The Labute approximate surface area is 99.5 Å². The first-order chi connectivity index (χ1) is 8.11. The van der Waals surface area contributed by atoms with Crippen LogP contribution in [0, 0.1) is 12.7 Å². The van der Waals surface area contributed by atoms with E-state index in [1.165, 1.54) is 12.1 Å². The highest BCUT2D eigenvalue weighted by molar-refractivity contribution is 5.58. The van der Waals surface area contributed by atoms with Crippen molar-refractivity contribution in [1.82, 2.24) is 9.97 Å². The minimum absolute atomic E-state index is 0.274. The molecule has 17 heavy (non-hydrogen) atoms. The first-order valence-electron chi connectivity index (χ1n) is 5.50. The summed E-state index contributed by atoms with van der Waals surface area (Å²) < 4.78 is 12.8. The van der Waals surface area contributed by atoms with Gasteiger partial charge in [-0.1, -0.05) is 6.92 Å². The van der Waals surface area contributed by atoms with Gasteiger partial charge in [0.05, 0.1) is 0 Å². The number of aromatic nitrogens is 2. The van der Waals surface area contributed by atoms with Gasteiger partial charge in [-0.3, -0.25) is 0 Å². The van der Waals surface area contributed by atoms with Gasteiger partial charge < -0.3 is 5.73 Å². The average molecular weight is 231 g/mol. The Hall–Kier alpha value is -1.97. The van der Waals surface area contributed by atoms with Crippen molar-refractivity contribution in [3.63, 3.8) is 0 Å². The highest BCUT2D eigenvalue weighted by Crippen LogP contribution is 2.20. The average Bonchev–Trinajstić information content (AvgIpc) is 2.29. The summed E-state index contributed by atoms with van der Waals surface area (Å²) >= 11 is 0. The van der Waals surface area contributed by atoms with Crippen LogP contribution in [-0.2, 0) is 6.42 Å². The molecule has 4 heteroatoms. The molecular weight excluding hydrogens is 217 g/mol. The molecule has 0 spiro atoms. The second kappa shape index (κ2) is 4.49. The monoisotopic (exact) mass is 231 g/mol. The minimum atomic E-state index is -0.274. The third-order valence-electron chi connectivity index (χ3n) is 2.70. The number of hydrogen-bond donors (Lipinski definition) is 1. The lowest BCUT2D eigenvalue weighted by Gasteiger charge is -2.08. The molecule has 0 fully saturated rings. The first kappa shape index (κ1) is 11.5. The van der Waals surface area contributed by atoms with E-state index in [-0.39, 0.29) is 5.82 Å². The lowest BCUT2D eigenvalue weighted by Crippen LogP contribution is -2.04. The molecule has 0 bridgehead atoms. The third kappa shape index (κ3) is 2.25. The van der Waals surface area contributed by atoms with Crippen molar-refractivity contribution in [2.24, 2.45) is 0 Å². The first-order valence-corrected chi connectivity index (χ1v) is 5.50. The van der Waals surface area contributed by atoms with E-state index >= 15 is 0 Å². The zero-order valence-corrected chi connectivity index (χ0v) is 9.87. The Balaban J connectivity index is 2.50. The van der Waals surface area contributed by atoms with Crippen molar-refractivity contribution < 1.29 is 4.39 Å². The minimum Gasteiger partial charge on any atom is -0.383 e. The van der Waals surface area contributed by atoms with Crippen molar-refractivity contribution in [1.29, 1.82) is 0 Å². The van der Waals surface area contributed by atoms with Crippen LogP contribution >= 0.6 is 0 Å². The normalized spacial score (nSPS) is 10.5. The molecule has 2 aromatic rings. The fraction of sp³-hybridized carbons (Fsp3) is 0.231. The molecule has 0 atom stereocenters. The van der Waals surface area contributed by atoms with Crippen LogP contribution in [-0.4, -0.2) is 9.97 Å². The molecule has 0 saturated carbocycles. The summed E-state index contributed by atoms with van der Waals surface area (Å²) in [5.41, 5.74) is 8.48. The molecule has 3 nitrogen and oxygen atoms in total. The summed E-state index contributed by atoms with van der Waals surface area (Å²) in [6.45, 7) is 3.92. The molecule has 0 saturated heterocycles. The van der Waals surface area contributed by atoms with Crippen LogP contribution in [0.25, 0.3) is 11.4 Å². The largest absolute Gasteiger partial charge is 0.383 e. The van der Waals surface area contributed by atoms with Gasteiger partial charge in [0.2, 0.25) is 0 Å². The van der Waals surface area contributed by atoms with Crippen LogP contribution in [0.15, 0.2) is 24.3 Å². The summed E-state index contributed by atoms with van der Waals surface area (Å²) in [5, 5.41) is 0. The number of nitrogen functional groups attached to an aromatic ring is 1. The van der Waals surface area contributed by atoms with Crippen LogP contribution in [0.3, 0.4) is 0 Å². The van der Waals surface area contributed by atoms with Gasteiger partial charge in [-0.25, -0.2) is 14.4 Å². The number of anilines is 1. The fourth-order valence-corrected chi connectivity index (χ4v) is 1.78. The molecule has 2 rings (SSSR count). The summed E-state index contributed by atoms with van der Waals surface area (Å²) in [6.07, 6.45) is 0.807. The number of rotatable bonds is 2. The lowest BCUT2D eigenvalue weighted by molar-refractivity contribution is 0.628. The number of aryl methyl sites for hydroxylation is 1. The second-order valence-corrected chi connectivity index (χ2v) is 3.86. The Morgan fingerprint density at radius 1 is 1.18 bits per heavy atom. The van der Waals surface area contributed by atoms with Crippen LogP contribution in [0.2, 0.25) is 0 Å². The number of nitrogens with zero attached hydrogens (tertiary/aromatic N) is 2. The van der Waals surface area contributed by atoms with Gasteiger partial charge in [0.15, 0.2) is 5.82 Å². The molecule has 2 N–H and O–H groups in total. The Kier molecular flexibility index (Phi) is 3.04. The van der Waals surface area contributed by atoms with Crippen molar-refractivity contribution in [3.8, 4) is 11.4 Å². The van der Waals surface area contributed by atoms with E-state index in [0.29, 0.717) is 11.6 Å². The Morgan fingerprint density at radius 3 is 2.35 bits per heavy atom. The predicted molar refractivity (Wildman–Crippen MR) is 66.0 cm³/mol. The van der Waals surface area contributed by atoms with Crippen LogP contribution in [0.5, 0.6) is 0 Å². The smallest absolute Gasteiger partial charge is 0.161 e. The van der Waals surface area contributed by atoms with Gasteiger partial charge in [-0.15, -0.1) is 0 Å². The van der Waals surface area contributed by atoms with Gasteiger partial charge in [-0.2, -0.15) is 0 Å². The summed E-state index contributed by atoms with van der Waals surface area (Å²) in [4.78, 5) is 8.64. The van der Waals surface area contributed by atoms with E-state index in [9.17, 15) is 4.39 Å². The Bertz CT molecular complexity index is 512. The molecule has 0 unspecified atom stereocenters. The van der Waals surface area contributed by atoms with Crippen molar-refractivity contribution >= 4 is 5.82 Å². The molecule has 88 valence electrons. The molecule has 1 heterocycles. The fourth-order valence-electron chi connectivity index (χ4n) is 1.78. The maximum atomic E-state index is 12.8. The topological polar surface area (TPSA) is 51.8 Å². The summed E-state index contributed by atoms with van der Waals surface area (Å²) in [7, 11) is 0. The van der Waals surface area contributed by atoms with Gasteiger partial charge >= 0.3 is 0 Å². The summed E-state index contributed by atoms with van der Waals surface area (Å²) in [6, 6.07) is 6.07. The second-order valence-electron chi connectivity index (χ2n) is 3.86. The van der Waals surface area contributed by atoms with E-state index in [2.05, 4.69) is 9.97 Å². The SMILES string of the molecule is CCc1c(C)nc(-c2ccc(F)cc2)nc1N. The standard InChI is InChI=1S/C13H14FN3/c1-3-11-8(2)16-13(17-12(11)15)9-4-6-10(14)7-5-9/h4-7H,3H2,1-2H3,(H2,15,16,17). The summed E-state index contributed by atoms with van der Waals surface area (Å²) in [5.74, 6) is 0.764. The highest BCUT2D eigenvalue weighted by atomic mass is 19.1. The third-order valence-corrected chi connectivity index (χ3v) is 2.70. The Morgan fingerprint density at radius 2 is 1.82 bits per heavy atom. The quantitative estimate of drug-likeness (QED) is 0.864. The number of nitrogens with two attached hydrogens (primary N) is 1. The van der Waals surface area contributed by atoms with E-state index in [1.54, 1.807) is 12.1 Å². The van der Waals surface area contributed by atoms with Gasteiger partial charge in [0, 0.05) is 16.8 Å². The number of hydrogen-bond acceptors (Lipinski definition) is 3. The highest BCUT2D eigenvalue weighted by Gasteiger charge is 2.09. The van der Waals surface area contributed by atoms with Crippen molar-refractivity contribution in [2.75, 3.05) is 5.73 Å². The van der Waals surface area contributed by atoms with Gasteiger partial charge in [0.25, 0.3) is 0 Å². The predicted octanol–water partition coefficient (Wildman–Crippen LogP) is 2.74. The molecule has 1 aromatic carbocycles. The molecule has 0 aliphatic rings. The lowest BCUT2D eigenvalue weighted by atomic mass is 10.1. The van der Waals surface area contributed by atoms with Crippen LogP contribution in [0.4, 0.5) is 10.2 Å². The van der Waals surface area contributed by atoms with E-state index < -0.39 is 0 Å². The molecule has 0 aliphatic heterocycles. The van der Waals surface area contributed by atoms with Crippen molar-refractivity contribution in [3.05, 3.63) is 41.3 Å². The number of benzene rings is 1. The maximum Gasteiger partial charge on any atom is 0.161 e. The molecular formula is C13H14FN3. The molecule has 0 amide bonds. The van der Waals surface area contributed by atoms with E-state index in [1.807, 2.05) is 13.8 Å². The molecule has 0 aliphatic carbocycles. The molecule has 0 radical (unpaired) electrons. The zero-order chi connectivity index (χ0) is 12.4.